The summed E-state index contributed by atoms with van der Waals surface area (Å²) in [6.45, 7) is 2.79. The third kappa shape index (κ3) is 5.42. The lowest BCUT2D eigenvalue weighted by Gasteiger charge is -2.03. The van der Waals surface area contributed by atoms with E-state index in [1.54, 1.807) is 18.2 Å². The molecule has 0 atom stereocenters. The lowest BCUT2D eigenvalue weighted by molar-refractivity contribution is -0.116. The number of benzene rings is 1. The van der Waals surface area contributed by atoms with Crippen LogP contribution in [-0.4, -0.2) is 24.4 Å². The topological polar surface area (TPSA) is 58.2 Å². The highest BCUT2D eigenvalue weighted by atomic mass is 16.2. The molecule has 1 fully saturated rings. The maximum absolute atomic E-state index is 11.8. The highest BCUT2D eigenvalue weighted by Crippen LogP contribution is 2.19. The molecule has 0 spiro atoms. The van der Waals surface area contributed by atoms with Crippen molar-refractivity contribution in [3.63, 3.8) is 0 Å². The Labute approximate surface area is 125 Å². The van der Waals surface area contributed by atoms with E-state index in [0.717, 1.165) is 31.2 Å². The standard InChI is InChI=1S/C17H22N2O2/c1-2-3-12-18-16(20)11-6-13-4-7-14(8-5-13)17(21)19-15-9-10-15/h4-8,11,15H,2-3,9-10,12H2,1H3,(H,18,20)(H,19,21)/b11-6+. The van der Waals surface area contributed by atoms with E-state index in [2.05, 4.69) is 17.6 Å². The van der Waals surface area contributed by atoms with Gasteiger partial charge in [0, 0.05) is 24.2 Å². The van der Waals surface area contributed by atoms with Crippen LogP contribution in [0.5, 0.6) is 0 Å². The molecule has 1 aliphatic rings. The Morgan fingerprint density at radius 2 is 1.95 bits per heavy atom. The number of amides is 2. The summed E-state index contributed by atoms with van der Waals surface area (Å²) in [5.74, 6) is -0.107. The maximum atomic E-state index is 11.8. The van der Waals surface area contributed by atoms with Crippen molar-refractivity contribution in [3.8, 4) is 0 Å². The Hall–Kier alpha value is -2.10. The summed E-state index contributed by atoms with van der Waals surface area (Å²) in [5, 5.41) is 5.77. The fourth-order valence-electron chi connectivity index (χ4n) is 1.86. The second-order valence-electron chi connectivity index (χ2n) is 5.35. The van der Waals surface area contributed by atoms with Crippen molar-refractivity contribution in [3.05, 3.63) is 41.5 Å². The van der Waals surface area contributed by atoms with Crippen molar-refractivity contribution in [2.45, 2.75) is 38.6 Å². The van der Waals surface area contributed by atoms with E-state index in [-0.39, 0.29) is 11.8 Å². The van der Waals surface area contributed by atoms with Gasteiger partial charge in [0.1, 0.15) is 0 Å². The molecule has 1 saturated carbocycles. The van der Waals surface area contributed by atoms with Crippen LogP contribution in [0.3, 0.4) is 0 Å². The van der Waals surface area contributed by atoms with Gasteiger partial charge in [-0.05, 0) is 43.0 Å². The number of rotatable bonds is 7. The van der Waals surface area contributed by atoms with Gasteiger partial charge in [0.2, 0.25) is 5.91 Å². The monoisotopic (exact) mass is 286 g/mol. The van der Waals surface area contributed by atoms with Crippen LogP contribution in [0, 0.1) is 0 Å². The SMILES string of the molecule is CCCCNC(=O)/C=C/c1ccc(C(=O)NC2CC2)cc1. The molecule has 0 radical (unpaired) electrons. The number of hydrogen-bond donors (Lipinski definition) is 2. The van der Waals surface area contributed by atoms with E-state index in [9.17, 15) is 9.59 Å². The average Bonchev–Trinajstić information content (AvgIpc) is 3.30. The van der Waals surface area contributed by atoms with Gasteiger partial charge >= 0.3 is 0 Å². The third-order valence-electron chi connectivity index (χ3n) is 3.34. The fraction of sp³-hybridized carbons (Fsp3) is 0.412. The molecule has 4 nitrogen and oxygen atoms in total. The highest BCUT2D eigenvalue weighted by Gasteiger charge is 2.23. The van der Waals surface area contributed by atoms with Crippen LogP contribution in [0.1, 0.15) is 48.5 Å². The lowest BCUT2D eigenvalue weighted by Crippen LogP contribution is -2.25. The van der Waals surface area contributed by atoms with Gasteiger partial charge in [-0.2, -0.15) is 0 Å². The predicted molar refractivity (Wildman–Crippen MR) is 83.9 cm³/mol. The van der Waals surface area contributed by atoms with Gasteiger partial charge in [0.15, 0.2) is 0 Å². The van der Waals surface area contributed by atoms with Gasteiger partial charge < -0.3 is 10.6 Å². The smallest absolute Gasteiger partial charge is 0.251 e. The molecular formula is C17H22N2O2. The van der Waals surface area contributed by atoms with Gasteiger partial charge in [-0.15, -0.1) is 0 Å². The second-order valence-corrected chi connectivity index (χ2v) is 5.35. The van der Waals surface area contributed by atoms with E-state index < -0.39 is 0 Å². The number of hydrogen-bond acceptors (Lipinski definition) is 2. The van der Waals surface area contributed by atoms with Crippen LogP contribution in [0.25, 0.3) is 6.08 Å². The van der Waals surface area contributed by atoms with Crippen LogP contribution < -0.4 is 10.6 Å². The molecule has 0 heterocycles. The zero-order valence-corrected chi connectivity index (χ0v) is 12.4. The maximum Gasteiger partial charge on any atom is 0.251 e. The molecule has 21 heavy (non-hydrogen) atoms. The Morgan fingerprint density at radius 1 is 1.24 bits per heavy atom. The van der Waals surface area contributed by atoms with Gasteiger partial charge in [-0.1, -0.05) is 25.5 Å². The first-order valence-corrected chi connectivity index (χ1v) is 7.56. The first-order chi connectivity index (χ1) is 10.2. The van der Waals surface area contributed by atoms with Crippen molar-refractivity contribution in [2.24, 2.45) is 0 Å². The molecular weight excluding hydrogens is 264 g/mol. The third-order valence-corrected chi connectivity index (χ3v) is 3.34. The summed E-state index contributed by atoms with van der Waals surface area (Å²) in [6.07, 6.45) is 7.50. The van der Waals surface area contributed by atoms with E-state index in [1.165, 1.54) is 6.08 Å². The molecule has 1 aliphatic carbocycles. The molecule has 0 aliphatic heterocycles. The summed E-state index contributed by atoms with van der Waals surface area (Å²) in [5.41, 5.74) is 1.56. The molecule has 0 aromatic heterocycles. The number of carbonyl (C=O) groups excluding carboxylic acids is 2. The van der Waals surface area contributed by atoms with E-state index in [1.807, 2.05) is 12.1 Å². The highest BCUT2D eigenvalue weighted by molar-refractivity contribution is 5.95. The summed E-state index contributed by atoms with van der Waals surface area (Å²) in [4.78, 5) is 23.4. The summed E-state index contributed by atoms with van der Waals surface area (Å²) < 4.78 is 0. The van der Waals surface area contributed by atoms with Crippen molar-refractivity contribution in [2.75, 3.05) is 6.54 Å². The zero-order chi connectivity index (χ0) is 15.1. The van der Waals surface area contributed by atoms with Gasteiger partial charge in [0.25, 0.3) is 5.91 Å². The number of unbranched alkanes of at least 4 members (excludes halogenated alkanes) is 1. The van der Waals surface area contributed by atoms with E-state index in [4.69, 9.17) is 0 Å². The van der Waals surface area contributed by atoms with Gasteiger partial charge in [-0.25, -0.2) is 0 Å². The summed E-state index contributed by atoms with van der Waals surface area (Å²) in [6, 6.07) is 7.62. The van der Waals surface area contributed by atoms with Crippen LogP contribution in [0.4, 0.5) is 0 Å². The Bertz CT molecular complexity index is 516. The van der Waals surface area contributed by atoms with Crippen LogP contribution in [-0.2, 0) is 4.79 Å². The second kappa shape index (κ2) is 7.62. The van der Waals surface area contributed by atoms with E-state index >= 15 is 0 Å². The van der Waals surface area contributed by atoms with Crippen molar-refractivity contribution in [1.29, 1.82) is 0 Å². The Kier molecular flexibility index (Phi) is 5.55. The molecule has 2 N–H and O–H groups in total. The molecule has 1 aromatic rings. The minimum atomic E-state index is -0.0843. The van der Waals surface area contributed by atoms with Crippen molar-refractivity contribution >= 4 is 17.9 Å². The largest absolute Gasteiger partial charge is 0.353 e. The first-order valence-electron chi connectivity index (χ1n) is 7.56. The van der Waals surface area contributed by atoms with Gasteiger partial charge in [-0.3, -0.25) is 9.59 Å². The van der Waals surface area contributed by atoms with Gasteiger partial charge in [0.05, 0.1) is 0 Å². The quantitative estimate of drug-likeness (QED) is 0.597. The Balaban J connectivity index is 1.83. The van der Waals surface area contributed by atoms with Crippen LogP contribution >= 0.6 is 0 Å². The molecule has 1 aromatic carbocycles. The summed E-state index contributed by atoms with van der Waals surface area (Å²) >= 11 is 0. The normalized spacial score (nSPS) is 14.1. The summed E-state index contributed by atoms with van der Waals surface area (Å²) in [7, 11) is 0. The molecule has 112 valence electrons. The van der Waals surface area contributed by atoms with Crippen molar-refractivity contribution in [1.82, 2.24) is 10.6 Å². The predicted octanol–water partition coefficient (Wildman–Crippen LogP) is 2.51. The molecule has 0 unspecified atom stereocenters. The molecule has 0 saturated heterocycles. The minimum absolute atomic E-state index is 0.0228. The molecule has 2 rings (SSSR count). The number of carbonyl (C=O) groups is 2. The lowest BCUT2D eigenvalue weighted by atomic mass is 10.1. The fourth-order valence-corrected chi connectivity index (χ4v) is 1.86. The van der Waals surface area contributed by atoms with E-state index in [0.29, 0.717) is 18.2 Å². The number of nitrogens with one attached hydrogen (secondary N) is 2. The molecule has 4 heteroatoms. The minimum Gasteiger partial charge on any atom is -0.353 e. The van der Waals surface area contributed by atoms with Crippen LogP contribution in [0.2, 0.25) is 0 Å². The average molecular weight is 286 g/mol. The first kappa shape index (κ1) is 15.3. The Morgan fingerprint density at radius 3 is 2.57 bits per heavy atom. The van der Waals surface area contributed by atoms with Crippen molar-refractivity contribution < 1.29 is 9.59 Å². The van der Waals surface area contributed by atoms with Crippen LogP contribution in [0.15, 0.2) is 30.3 Å². The molecule has 2 amide bonds. The molecule has 0 bridgehead atoms. The zero-order valence-electron chi connectivity index (χ0n) is 12.4.